The highest BCUT2D eigenvalue weighted by atomic mass is 32.1. The van der Waals surface area contributed by atoms with Gasteiger partial charge in [-0.05, 0) is 61.4 Å². The van der Waals surface area contributed by atoms with Crippen molar-refractivity contribution in [3.8, 4) is 17.0 Å². The summed E-state index contributed by atoms with van der Waals surface area (Å²) in [5.41, 5.74) is 6.27. The van der Waals surface area contributed by atoms with Gasteiger partial charge in [-0.25, -0.2) is 9.79 Å². The molecule has 1 atom stereocenters. The number of esters is 1. The van der Waals surface area contributed by atoms with Crippen LogP contribution >= 0.6 is 11.3 Å². The monoisotopic (exact) mass is 613 g/mol. The minimum absolute atomic E-state index is 0.196. The average molecular weight is 614 g/mol. The summed E-state index contributed by atoms with van der Waals surface area (Å²) in [4.78, 5) is 37.1. The van der Waals surface area contributed by atoms with Crippen molar-refractivity contribution in [1.29, 1.82) is 0 Å². The van der Waals surface area contributed by atoms with E-state index in [9.17, 15) is 9.59 Å². The molecule has 2 aromatic heterocycles. The number of benzene rings is 4. The summed E-state index contributed by atoms with van der Waals surface area (Å²) in [6, 6.07) is 27.3. The lowest BCUT2D eigenvalue weighted by molar-refractivity contribution is -0.139. The number of hydrogen-bond donors (Lipinski definition) is 1. The Labute approximate surface area is 263 Å². The molecule has 6 aromatic rings. The van der Waals surface area contributed by atoms with Gasteiger partial charge in [0.05, 0.1) is 35.2 Å². The topological polar surface area (TPSA) is 85.7 Å². The predicted molar refractivity (Wildman–Crippen MR) is 179 cm³/mol. The first-order valence-corrected chi connectivity index (χ1v) is 15.6. The number of carbonyl (C=O) groups excluding carboxylic acids is 1. The molecule has 8 heteroatoms. The van der Waals surface area contributed by atoms with Crippen LogP contribution in [0.3, 0.4) is 0 Å². The molecule has 1 N–H and O–H groups in total. The first-order valence-electron chi connectivity index (χ1n) is 14.8. The molecule has 0 radical (unpaired) electrons. The molecule has 0 amide bonds. The van der Waals surface area contributed by atoms with Crippen molar-refractivity contribution in [2.45, 2.75) is 26.8 Å². The molecule has 1 aliphatic heterocycles. The van der Waals surface area contributed by atoms with Gasteiger partial charge in [0.25, 0.3) is 5.56 Å². The molecule has 224 valence electrons. The first-order chi connectivity index (χ1) is 21.9. The van der Waals surface area contributed by atoms with E-state index < -0.39 is 12.0 Å². The van der Waals surface area contributed by atoms with Crippen molar-refractivity contribution >= 4 is 45.1 Å². The average Bonchev–Trinajstić information content (AvgIpc) is 3.56. The van der Waals surface area contributed by atoms with Crippen LogP contribution in [0.25, 0.3) is 39.0 Å². The Morgan fingerprint density at radius 1 is 1.00 bits per heavy atom. The molecule has 7 nitrogen and oxygen atoms in total. The number of ether oxygens (including phenoxy) is 2. The van der Waals surface area contributed by atoms with Gasteiger partial charge in [-0.15, -0.1) is 0 Å². The van der Waals surface area contributed by atoms with E-state index in [0.29, 0.717) is 31.9 Å². The van der Waals surface area contributed by atoms with Crippen molar-refractivity contribution in [3.05, 3.63) is 133 Å². The number of nitrogens with zero attached hydrogens (tertiary/aromatic N) is 2. The van der Waals surface area contributed by atoms with Gasteiger partial charge < -0.3 is 14.5 Å². The number of thiazole rings is 1. The zero-order chi connectivity index (χ0) is 31.2. The minimum atomic E-state index is -0.803. The largest absolute Gasteiger partial charge is 0.496 e. The quantitative estimate of drug-likeness (QED) is 0.220. The lowest BCUT2D eigenvalue weighted by Gasteiger charge is -2.27. The molecule has 0 aliphatic carbocycles. The number of allylic oxidation sites excluding steroid dienone is 1. The van der Waals surface area contributed by atoms with Crippen molar-refractivity contribution in [3.63, 3.8) is 0 Å². The molecule has 7 rings (SSSR count). The molecule has 0 bridgehead atoms. The number of H-pyrrole nitrogens is 1. The Balaban J connectivity index is 1.54. The number of rotatable bonds is 6. The van der Waals surface area contributed by atoms with Crippen LogP contribution in [0.5, 0.6) is 5.75 Å². The fourth-order valence-corrected chi connectivity index (χ4v) is 7.27. The van der Waals surface area contributed by atoms with Gasteiger partial charge in [-0.1, -0.05) is 83.6 Å². The van der Waals surface area contributed by atoms with E-state index in [1.165, 1.54) is 11.3 Å². The van der Waals surface area contributed by atoms with Crippen LogP contribution < -0.4 is 19.6 Å². The van der Waals surface area contributed by atoms with E-state index in [4.69, 9.17) is 14.5 Å². The van der Waals surface area contributed by atoms with Gasteiger partial charge in [0.2, 0.25) is 0 Å². The van der Waals surface area contributed by atoms with E-state index in [2.05, 4.69) is 42.2 Å². The number of fused-ring (bicyclic) bond motifs is 3. The van der Waals surface area contributed by atoms with Crippen LogP contribution in [0, 0.1) is 6.92 Å². The number of aromatic amines is 1. The molecule has 3 heterocycles. The molecule has 0 spiro atoms. The van der Waals surface area contributed by atoms with Gasteiger partial charge in [-0.2, -0.15) is 0 Å². The minimum Gasteiger partial charge on any atom is -0.496 e. The summed E-state index contributed by atoms with van der Waals surface area (Å²) in [6.45, 7) is 5.82. The van der Waals surface area contributed by atoms with E-state index in [-0.39, 0.29) is 12.2 Å². The van der Waals surface area contributed by atoms with Crippen LogP contribution in [0.2, 0.25) is 0 Å². The first kappa shape index (κ1) is 28.6. The van der Waals surface area contributed by atoms with Gasteiger partial charge >= 0.3 is 5.97 Å². The highest BCUT2D eigenvalue weighted by Gasteiger charge is 2.36. The summed E-state index contributed by atoms with van der Waals surface area (Å²) in [5, 5.41) is 2.87. The Morgan fingerprint density at radius 2 is 1.78 bits per heavy atom. The second-order valence-corrected chi connectivity index (χ2v) is 12.0. The maximum Gasteiger partial charge on any atom is 0.338 e. The Kier molecular flexibility index (Phi) is 7.22. The highest BCUT2D eigenvalue weighted by molar-refractivity contribution is 7.07. The third kappa shape index (κ3) is 4.78. The summed E-state index contributed by atoms with van der Waals surface area (Å²) in [5.74, 6) is 0.0646. The number of carbonyl (C=O) groups is 1. The fourth-order valence-electron chi connectivity index (χ4n) is 6.24. The lowest BCUT2D eigenvalue weighted by atomic mass is 9.90. The van der Waals surface area contributed by atoms with Crippen molar-refractivity contribution in [1.82, 2.24) is 9.55 Å². The number of hydrogen-bond acceptors (Lipinski definition) is 6. The smallest absolute Gasteiger partial charge is 0.338 e. The van der Waals surface area contributed by atoms with Gasteiger partial charge in [-0.3, -0.25) is 9.36 Å². The van der Waals surface area contributed by atoms with E-state index in [1.54, 1.807) is 25.5 Å². The predicted octanol–water partition coefficient (Wildman–Crippen LogP) is 6.42. The summed E-state index contributed by atoms with van der Waals surface area (Å²) in [6.07, 6.45) is 1.95. The third-order valence-electron chi connectivity index (χ3n) is 8.27. The van der Waals surface area contributed by atoms with Crippen molar-refractivity contribution in [2.24, 2.45) is 4.99 Å². The molecular formula is C37H31N3O4S. The zero-order valence-corrected chi connectivity index (χ0v) is 26.2. The summed E-state index contributed by atoms with van der Waals surface area (Å²) in [7, 11) is 1.60. The van der Waals surface area contributed by atoms with E-state index >= 15 is 0 Å². The zero-order valence-electron chi connectivity index (χ0n) is 25.4. The molecule has 0 saturated heterocycles. The maximum absolute atomic E-state index is 14.6. The van der Waals surface area contributed by atoms with Crippen molar-refractivity contribution in [2.75, 3.05) is 13.7 Å². The standard InChI is InChI=1S/C37H31N3O4S/c1-5-44-36(42)31-22(3)38-37-40(34(31)32-25-14-10-9-11-23(25)16-18-29(32)43-4)35(41)30(45-37)20-27-26-19-21(2)15-17-28(26)39-33(27)24-12-7-6-8-13-24/h6-20,34,39H,5H2,1-4H3/b30-20+/t34-/m1/s1. The molecule has 45 heavy (non-hydrogen) atoms. The SMILES string of the molecule is CCOC(=O)C1=C(C)N=c2s/c(=C/c3c(-c4ccccc4)[nH]c4ccc(C)cc34)c(=O)n2[C@H]1c1c(OC)ccc2ccccc12. The molecule has 0 saturated carbocycles. The highest BCUT2D eigenvalue weighted by Crippen LogP contribution is 2.40. The van der Waals surface area contributed by atoms with Gasteiger partial charge in [0.1, 0.15) is 11.8 Å². The second kappa shape index (κ2) is 11.4. The lowest BCUT2D eigenvalue weighted by Crippen LogP contribution is -2.40. The van der Waals surface area contributed by atoms with E-state index in [0.717, 1.165) is 44.1 Å². The summed E-state index contributed by atoms with van der Waals surface area (Å²) >= 11 is 1.31. The summed E-state index contributed by atoms with van der Waals surface area (Å²) < 4.78 is 13.5. The van der Waals surface area contributed by atoms with Crippen LogP contribution in [-0.4, -0.2) is 29.2 Å². The van der Waals surface area contributed by atoms with Crippen LogP contribution in [0.4, 0.5) is 0 Å². The van der Waals surface area contributed by atoms with E-state index in [1.807, 2.05) is 60.7 Å². The maximum atomic E-state index is 14.6. The van der Waals surface area contributed by atoms with Crippen molar-refractivity contribution < 1.29 is 14.3 Å². The molecular weight excluding hydrogens is 582 g/mol. The number of aryl methyl sites for hydroxylation is 1. The normalized spacial score (nSPS) is 14.9. The number of aromatic nitrogens is 2. The van der Waals surface area contributed by atoms with Gasteiger partial charge in [0.15, 0.2) is 4.80 Å². The van der Waals surface area contributed by atoms with Crippen LogP contribution in [0.1, 0.15) is 36.6 Å². The number of methoxy groups -OCH3 is 1. The second-order valence-electron chi connectivity index (χ2n) is 11.0. The van der Waals surface area contributed by atoms with Crippen LogP contribution in [-0.2, 0) is 9.53 Å². The number of nitrogens with one attached hydrogen (secondary N) is 1. The Bertz CT molecular complexity index is 2340. The Hall–Kier alpha value is -5.21. The molecule has 1 aliphatic rings. The fraction of sp³-hybridized carbons (Fsp3) is 0.162. The molecule has 0 unspecified atom stereocenters. The Morgan fingerprint density at radius 3 is 2.56 bits per heavy atom. The van der Waals surface area contributed by atoms with Crippen LogP contribution in [0.15, 0.2) is 106 Å². The molecule has 0 fully saturated rings. The third-order valence-corrected chi connectivity index (χ3v) is 9.26. The van der Waals surface area contributed by atoms with Gasteiger partial charge in [0, 0.05) is 22.0 Å². The molecule has 4 aromatic carbocycles.